The molecule has 0 aliphatic heterocycles. The van der Waals surface area contributed by atoms with Crippen LogP contribution in [0, 0.1) is 0 Å². The number of imidazole rings is 1. The predicted octanol–water partition coefficient (Wildman–Crippen LogP) is 1.71. The third-order valence-electron chi connectivity index (χ3n) is 4.83. The zero-order chi connectivity index (χ0) is 21.5. The van der Waals surface area contributed by atoms with E-state index in [2.05, 4.69) is 41.0 Å². The first-order valence-corrected chi connectivity index (χ1v) is 9.77. The maximum atomic E-state index is 12.6. The number of benzene rings is 1. The molecule has 1 aliphatic carbocycles. The van der Waals surface area contributed by atoms with Gasteiger partial charge in [-0.15, -0.1) is 0 Å². The number of aromatic nitrogens is 7. The van der Waals surface area contributed by atoms with Crippen LogP contribution in [0.15, 0.2) is 30.9 Å². The normalized spacial score (nSPS) is 13.4. The van der Waals surface area contributed by atoms with Gasteiger partial charge in [-0.1, -0.05) is 0 Å². The lowest BCUT2D eigenvalue weighted by Crippen LogP contribution is -2.30. The van der Waals surface area contributed by atoms with Crippen LogP contribution in [0.5, 0.6) is 0 Å². The number of amides is 1. The summed E-state index contributed by atoms with van der Waals surface area (Å²) in [5.74, 6) is 1.35. The van der Waals surface area contributed by atoms with Crippen molar-refractivity contribution in [3.63, 3.8) is 0 Å². The van der Waals surface area contributed by atoms with Gasteiger partial charge in [0.15, 0.2) is 22.8 Å². The number of fused-ring (bicyclic) bond motifs is 1. The molecule has 4 aromatic rings. The second-order valence-electron chi connectivity index (χ2n) is 7.37. The molecule has 12 nitrogen and oxygen atoms in total. The molecule has 0 saturated heterocycles. The number of nitrogens with two attached hydrogens (primary N) is 1. The van der Waals surface area contributed by atoms with Crippen molar-refractivity contribution in [3.8, 4) is 11.4 Å². The Morgan fingerprint density at radius 3 is 2.71 bits per heavy atom. The van der Waals surface area contributed by atoms with Crippen LogP contribution in [-0.4, -0.2) is 53.4 Å². The molecule has 3 heterocycles. The lowest BCUT2D eigenvalue weighted by Gasteiger charge is -2.10. The highest BCUT2D eigenvalue weighted by Gasteiger charge is 2.25. The quantitative estimate of drug-likeness (QED) is 0.354. The van der Waals surface area contributed by atoms with Gasteiger partial charge in [-0.25, -0.2) is 19.3 Å². The number of nitrogens with zero attached hydrogens (tertiary/aromatic N) is 7. The third-order valence-corrected chi connectivity index (χ3v) is 4.83. The molecule has 5 rings (SSSR count). The van der Waals surface area contributed by atoms with E-state index in [1.807, 2.05) is 6.07 Å². The van der Waals surface area contributed by atoms with Crippen LogP contribution >= 0.6 is 0 Å². The minimum atomic E-state index is -0.260. The van der Waals surface area contributed by atoms with Crippen LogP contribution in [-0.2, 0) is 7.05 Å². The lowest BCUT2D eigenvalue weighted by molar-refractivity contribution is 0.242. The van der Waals surface area contributed by atoms with Crippen LogP contribution in [0.2, 0.25) is 0 Å². The molecule has 5 N–H and O–H groups in total. The molecular formula is C19H21N11O. The molecule has 31 heavy (non-hydrogen) atoms. The van der Waals surface area contributed by atoms with E-state index in [1.165, 1.54) is 10.9 Å². The van der Waals surface area contributed by atoms with Crippen molar-refractivity contribution in [3.05, 3.63) is 30.9 Å². The Balaban J connectivity index is 1.51. The number of hydrogen-bond acceptors (Lipinski definition) is 9. The van der Waals surface area contributed by atoms with Gasteiger partial charge in [-0.3, -0.25) is 4.68 Å². The van der Waals surface area contributed by atoms with Gasteiger partial charge in [0.05, 0.1) is 0 Å². The fourth-order valence-electron chi connectivity index (χ4n) is 3.20. The molecule has 158 valence electrons. The van der Waals surface area contributed by atoms with Crippen molar-refractivity contribution in [2.24, 2.45) is 7.05 Å². The van der Waals surface area contributed by atoms with Gasteiger partial charge in [0.25, 0.3) is 0 Å². The molecule has 0 atom stereocenters. The summed E-state index contributed by atoms with van der Waals surface area (Å²) in [6, 6.07) is 5.37. The minimum absolute atomic E-state index is 0.221. The van der Waals surface area contributed by atoms with Crippen molar-refractivity contribution in [2.75, 3.05) is 23.4 Å². The fourth-order valence-corrected chi connectivity index (χ4v) is 3.20. The Bertz CT molecular complexity index is 1290. The number of anilines is 4. The second-order valence-corrected chi connectivity index (χ2v) is 7.37. The van der Waals surface area contributed by atoms with Gasteiger partial charge < -0.3 is 21.7 Å². The molecule has 1 saturated carbocycles. The van der Waals surface area contributed by atoms with E-state index < -0.39 is 0 Å². The van der Waals surface area contributed by atoms with Crippen LogP contribution in [0.4, 0.5) is 27.9 Å². The number of nitrogens with one attached hydrogen (secondary N) is 3. The fraction of sp³-hybridized carbons (Fsp3) is 0.263. The summed E-state index contributed by atoms with van der Waals surface area (Å²) in [6.07, 6.45) is 5.05. The first-order valence-electron chi connectivity index (χ1n) is 9.77. The van der Waals surface area contributed by atoms with Crippen molar-refractivity contribution in [2.45, 2.75) is 18.9 Å². The van der Waals surface area contributed by atoms with Crippen molar-refractivity contribution in [1.82, 2.24) is 39.6 Å². The summed E-state index contributed by atoms with van der Waals surface area (Å²) in [5.41, 5.74) is 8.94. The van der Waals surface area contributed by atoms with Crippen molar-refractivity contribution < 1.29 is 4.79 Å². The van der Waals surface area contributed by atoms with E-state index in [0.717, 1.165) is 18.4 Å². The molecule has 1 amide bonds. The summed E-state index contributed by atoms with van der Waals surface area (Å²) in [6.45, 7) is 0. The second kappa shape index (κ2) is 7.23. The predicted molar refractivity (Wildman–Crippen MR) is 116 cm³/mol. The molecule has 12 heteroatoms. The summed E-state index contributed by atoms with van der Waals surface area (Å²) in [7, 11) is 3.53. The number of aryl methyl sites for hydroxylation is 1. The number of nitrogen functional groups attached to an aromatic ring is 1. The first kappa shape index (κ1) is 18.8. The zero-order valence-electron chi connectivity index (χ0n) is 17.0. The number of carbonyl (C=O) groups is 1. The highest BCUT2D eigenvalue weighted by molar-refractivity contribution is 5.92. The lowest BCUT2D eigenvalue weighted by atomic mass is 10.1. The average molecular weight is 419 g/mol. The average Bonchev–Trinajstić information content (AvgIpc) is 3.27. The van der Waals surface area contributed by atoms with E-state index in [4.69, 9.17) is 5.73 Å². The van der Waals surface area contributed by atoms with Gasteiger partial charge in [0.2, 0.25) is 5.95 Å². The molecule has 1 aliphatic rings. The maximum Gasteiger partial charge on any atom is 0.328 e. The van der Waals surface area contributed by atoms with Crippen LogP contribution in [0.1, 0.15) is 12.8 Å². The highest BCUT2D eigenvalue weighted by Crippen LogP contribution is 2.27. The van der Waals surface area contributed by atoms with E-state index in [-0.39, 0.29) is 12.1 Å². The third kappa shape index (κ3) is 3.70. The standard InChI is InChI=1S/C19H21N11O/c1-21-16-14-17(30(9-22-14)19(31)25-12-3-4-12)27-18(26-16)24-13-6-10(5-11(20)7-13)15-23-8-29(2)28-15/h5-9,12H,3-4,20H2,1-2H3,(H,25,31)(H2,21,24,26,27). The van der Waals surface area contributed by atoms with Crippen molar-refractivity contribution >= 4 is 40.3 Å². The Kier molecular flexibility index (Phi) is 4.38. The van der Waals surface area contributed by atoms with Crippen LogP contribution in [0.25, 0.3) is 22.6 Å². The maximum absolute atomic E-state index is 12.6. The summed E-state index contributed by atoms with van der Waals surface area (Å²) < 4.78 is 3.01. The number of carbonyl (C=O) groups excluding carboxylic acids is 1. The molecule has 3 aromatic heterocycles. The van der Waals surface area contributed by atoms with Gasteiger partial charge >= 0.3 is 6.03 Å². The van der Waals surface area contributed by atoms with Gasteiger partial charge in [-0.2, -0.15) is 15.1 Å². The Morgan fingerprint density at radius 2 is 2.00 bits per heavy atom. The monoisotopic (exact) mass is 419 g/mol. The van der Waals surface area contributed by atoms with Crippen LogP contribution < -0.4 is 21.7 Å². The van der Waals surface area contributed by atoms with Crippen LogP contribution in [0.3, 0.4) is 0 Å². The molecule has 0 radical (unpaired) electrons. The highest BCUT2D eigenvalue weighted by atomic mass is 16.2. The first-order chi connectivity index (χ1) is 15.0. The zero-order valence-corrected chi connectivity index (χ0v) is 17.0. The largest absolute Gasteiger partial charge is 0.399 e. The molecule has 1 fully saturated rings. The van der Waals surface area contributed by atoms with E-state index in [9.17, 15) is 4.79 Å². The molecule has 0 spiro atoms. The Morgan fingerprint density at radius 1 is 1.16 bits per heavy atom. The number of rotatable bonds is 5. The molecule has 0 bridgehead atoms. The SMILES string of the molecule is CNc1nc(Nc2cc(N)cc(-c3ncn(C)n3)c2)nc2c1ncn2C(=O)NC1CC1. The summed E-state index contributed by atoms with van der Waals surface area (Å²) in [5, 5.41) is 13.4. The van der Waals surface area contributed by atoms with Gasteiger partial charge in [-0.05, 0) is 31.0 Å². The van der Waals surface area contributed by atoms with Gasteiger partial charge in [0.1, 0.15) is 12.7 Å². The summed E-state index contributed by atoms with van der Waals surface area (Å²) >= 11 is 0. The minimum Gasteiger partial charge on any atom is -0.399 e. The Hall–Kier alpha value is -4.22. The molecule has 0 unspecified atom stereocenters. The van der Waals surface area contributed by atoms with E-state index in [0.29, 0.717) is 40.1 Å². The summed E-state index contributed by atoms with van der Waals surface area (Å²) in [4.78, 5) is 30.1. The van der Waals surface area contributed by atoms with E-state index >= 15 is 0 Å². The molecular weight excluding hydrogens is 398 g/mol. The Labute approximate surface area is 176 Å². The topological polar surface area (TPSA) is 153 Å². The number of hydrogen-bond donors (Lipinski definition) is 4. The van der Waals surface area contributed by atoms with Gasteiger partial charge in [0, 0.05) is 37.1 Å². The molecule has 1 aromatic carbocycles. The van der Waals surface area contributed by atoms with Crippen molar-refractivity contribution in [1.29, 1.82) is 0 Å². The van der Waals surface area contributed by atoms with E-state index in [1.54, 1.807) is 37.2 Å². The smallest absolute Gasteiger partial charge is 0.328 e.